The number of rotatable bonds is 3. The molecule has 0 unspecified atom stereocenters. The first-order valence-electron chi connectivity index (χ1n) is 4.82. The molecule has 0 fully saturated rings. The Bertz CT molecular complexity index is 434. The standard InChI is InChI=1S/C11H14N2O/c1-13-8-9(4-3-7-14)10-5-2-6-12-11(10)13/h2,5-6,8,14H,3-4,7H2,1H3. The molecule has 0 aliphatic rings. The molecule has 0 aliphatic heterocycles. The van der Waals surface area contributed by atoms with Crippen LogP contribution in [0.2, 0.25) is 0 Å². The summed E-state index contributed by atoms with van der Waals surface area (Å²) in [5.74, 6) is 0. The molecule has 14 heavy (non-hydrogen) atoms. The van der Waals surface area contributed by atoms with Crippen molar-refractivity contribution >= 4 is 11.0 Å². The summed E-state index contributed by atoms with van der Waals surface area (Å²) in [7, 11) is 2.00. The molecule has 2 aromatic heterocycles. The second kappa shape index (κ2) is 3.80. The van der Waals surface area contributed by atoms with Crippen LogP contribution in [0.1, 0.15) is 12.0 Å². The zero-order chi connectivity index (χ0) is 9.97. The van der Waals surface area contributed by atoms with Gasteiger partial charge in [0.1, 0.15) is 5.65 Å². The van der Waals surface area contributed by atoms with E-state index in [1.165, 1.54) is 10.9 Å². The van der Waals surface area contributed by atoms with E-state index in [0.29, 0.717) is 0 Å². The molecule has 0 bridgehead atoms. The van der Waals surface area contributed by atoms with Crippen molar-refractivity contribution in [2.24, 2.45) is 7.05 Å². The molecule has 0 saturated heterocycles. The second-order valence-corrected chi connectivity index (χ2v) is 3.47. The third-order valence-electron chi connectivity index (χ3n) is 2.42. The summed E-state index contributed by atoms with van der Waals surface area (Å²) < 4.78 is 2.03. The number of hydrogen-bond acceptors (Lipinski definition) is 2. The van der Waals surface area contributed by atoms with Gasteiger partial charge in [-0.05, 0) is 30.5 Å². The van der Waals surface area contributed by atoms with Crippen LogP contribution in [0, 0.1) is 0 Å². The molecule has 3 nitrogen and oxygen atoms in total. The van der Waals surface area contributed by atoms with Crippen LogP contribution in [0.15, 0.2) is 24.5 Å². The zero-order valence-corrected chi connectivity index (χ0v) is 8.27. The molecule has 2 heterocycles. The van der Waals surface area contributed by atoms with Crippen molar-refractivity contribution in [3.63, 3.8) is 0 Å². The average Bonchev–Trinajstić information content (AvgIpc) is 2.54. The van der Waals surface area contributed by atoms with Gasteiger partial charge >= 0.3 is 0 Å². The lowest BCUT2D eigenvalue weighted by atomic mass is 10.1. The highest BCUT2D eigenvalue weighted by molar-refractivity contribution is 5.80. The van der Waals surface area contributed by atoms with Crippen LogP contribution in [0.4, 0.5) is 0 Å². The minimum Gasteiger partial charge on any atom is -0.396 e. The molecule has 0 spiro atoms. The Kier molecular flexibility index (Phi) is 2.50. The Morgan fingerprint density at radius 1 is 1.50 bits per heavy atom. The van der Waals surface area contributed by atoms with Gasteiger partial charge in [0.2, 0.25) is 0 Å². The largest absolute Gasteiger partial charge is 0.396 e. The van der Waals surface area contributed by atoms with Crippen LogP contribution >= 0.6 is 0 Å². The molecular formula is C11H14N2O. The first kappa shape index (κ1) is 9.21. The molecular weight excluding hydrogens is 176 g/mol. The summed E-state index contributed by atoms with van der Waals surface area (Å²) in [6, 6.07) is 4.03. The fraction of sp³-hybridized carbons (Fsp3) is 0.364. The molecule has 2 rings (SSSR count). The van der Waals surface area contributed by atoms with E-state index in [0.717, 1.165) is 18.5 Å². The lowest BCUT2D eigenvalue weighted by molar-refractivity contribution is 0.288. The number of pyridine rings is 1. The Hall–Kier alpha value is -1.35. The topological polar surface area (TPSA) is 38.0 Å². The van der Waals surface area contributed by atoms with Crippen LogP contribution in [-0.4, -0.2) is 21.3 Å². The third kappa shape index (κ3) is 1.51. The molecule has 74 valence electrons. The highest BCUT2D eigenvalue weighted by Crippen LogP contribution is 2.19. The minimum absolute atomic E-state index is 0.247. The number of nitrogens with zero attached hydrogens (tertiary/aromatic N) is 2. The van der Waals surface area contributed by atoms with Crippen LogP contribution < -0.4 is 0 Å². The fourth-order valence-electron chi connectivity index (χ4n) is 1.76. The van der Waals surface area contributed by atoms with E-state index < -0.39 is 0 Å². The Labute approximate surface area is 83.0 Å². The summed E-state index contributed by atoms with van der Waals surface area (Å²) in [5.41, 5.74) is 2.28. The van der Waals surface area contributed by atoms with Gasteiger partial charge in [0.15, 0.2) is 0 Å². The third-order valence-corrected chi connectivity index (χ3v) is 2.42. The van der Waals surface area contributed by atoms with Gasteiger partial charge in [0, 0.05) is 31.4 Å². The predicted octanol–water partition coefficient (Wildman–Crippen LogP) is 1.50. The van der Waals surface area contributed by atoms with E-state index in [2.05, 4.69) is 17.2 Å². The smallest absolute Gasteiger partial charge is 0.139 e. The molecule has 0 aromatic carbocycles. The highest BCUT2D eigenvalue weighted by Gasteiger charge is 2.05. The maximum atomic E-state index is 8.78. The summed E-state index contributed by atoms with van der Waals surface area (Å²) in [6.07, 6.45) is 5.62. The summed E-state index contributed by atoms with van der Waals surface area (Å²) in [4.78, 5) is 4.31. The van der Waals surface area contributed by atoms with E-state index >= 15 is 0 Å². The van der Waals surface area contributed by atoms with Crippen molar-refractivity contribution in [2.75, 3.05) is 6.61 Å². The van der Waals surface area contributed by atoms with Crippen LogP contribution in [0.3, 0.4) is 0 Å². The summed E-state index contributed by atoms with van der Waals surface area (Å²) in [6.45, 7) is 0.247. The second-order valence-electron chi connectivity index (χ2n) is 3.47. The van der Waals surface area contributed by atoms with Gasteiger partial charge in [0.05, 0.1) is 0 Å². The Balaban J connectivity index is 2.44. The van der Waals surface area contributed by atoms with Crippen molar-refractivity contribution in [1.82, 2.24) is 9.55 Å². The van der Waals surface area contributed by atoms with Crippen LogP contribution in [-0.2, 0) is 13.5 Å². The fourth-order valence-corrected chi connectivity index (χ4v) is 1.76. The molecule has 0 aliphatic carbocycles. The van der Waals surface area contributed by atoms with Crippen LogP contribution in [0.5, 0.6) is 0 Å². The first-order chi connectivity index (χ1) is 6.83. The first-order valence-corrected chi connectivity index (χ1v) is 4.82. The molecule has 2 aromatic rings. The Morgan fingerprint density at radius 3 is 3.14 bits per heavy atom. The normalized spacial score (nSPS) is 11.0. The molecule has 1 N–H and O–H groups in total. The minimum atomic E-state index is 0.247. The Morgan fingerprint density at radius 2 is 2.36 bits per heavy atom. The van der Waals surface area contributed by atoms with E-state index in [1.807, 2.05) is 17.7 Å². The number of hydrogen-bond donors (Lipinski definition) is 1. The maximum absolute atomic E-state index is 8.78. The van der Waals surface area contributed by atoms with Gasteiger partial charge in [-0.1, -0.05) is 0 Å². The van der Waals surface area contributed by atoms with E-state index in [4.69, 9.17) is 5.11 Å². The van der Waals surface area contributed by atoms with Crippen molar-refractivity contribution in [2.45, 2.75) is 12.8 Å². The lowest BCUT2D eigenvalue weighted by Gasteiger charge is -1.95. The molecule has 0 atom stereocenters. The van der Waals surface area contributed by atoms with Crippen molar-refractivity contribution in [3.8, 4) is 0 Å². The van der Waals surface area contributed by atoms with E-state index in [9.17, 15) is 0 Å². The lowest BCUT2D eigenvalue weighted by Crippen LogP contribution is -1.87. The summed E-state index contributed by atoms with van der Waals surface area (Å²) in [5, 5.41) is 9.98. The quantitative estimate of drug-likeness (QED) is 0.796. The van der Waals surface area contributed by atoms with Gasteiger partial charge in [0.25, 0.3) is 0 Å². The number of fused-ring (bicyclic) bond motifs is 1. The van der Waals surface area contributed by atoms with Gasteiger partial charge in [-0.15, -0.1) is 0 Å². The molecule has 0 saturated carbocycles. The van der Waals surface area contributed by atoms with Gasteiger partial charge < -0.3 is 9.67 Å². The van der Waals surface area contributed by atoms with Crippen molar-refractivity contribution < 1.29 is 5.11 Å². The molecule has 0 amide bonds. The van der Waals surface area contributed by atoms with E-state index in [-0.39, 0.29) is 6.61 Å². The summed E-state index contributed by atoms with van der Waals surface area (Å²) >= 11 is 0. The highest BCUT2D eigenvalue weighted by atomic mass is 16.2. The molecule has 3 heteroatoms. The average molecular weight is 190 g/mol. The predicted molar refractivity (Wildman–Crippen MR) is 56.1 cm³/mol. The number of aliphatic hydroxyl groups is 1. The monoisotopic (exact) mass is 190 g/mol. The van der Waals surface area contributed by atoms with Gasteiger partial charge in [-0.3, -0.25) is 0 Å². The number of aromatic nitrogens is 2. The SMILES string of the molecule is Cn1cc(CCCO)c2cccnc21. The van der Waals surface area contributed by atoms with E-state index in [1.54, 1.807) is 6.20 Å². The number of aryl methyl sites for hydroxylation is 2. The van der Waals surface area contributed by atoms with Crippen LogP contribution in [0.25, 0.3) is 11.0 Å². The van der Waals surface area contributed by atoms with Crippen molar-refractivity contribution in [3.05, 3.63) is 30.1 Å². The van der Waals surface area contributed by atoms with Crippen molar-refractivity contribution in [1.29, 1.82) is 0 Å². The number of aliphatic hydroxyl groups excluding tert-OH is 1. The van der Waals surface area contributed by atoms with Gasteiger partial charge in [-0.25, -0.2) is 4.98 Å². The zero-order valence-electron chi connectivity index (χ0n) is 8.27. The maximum Gasteiger partial charge on any atom is 0.139 e. The van der Waals surface area contributed by atoms with Gasteiger partial charge in [-0.2, -0.15) is 0 Å². The molecule has 0 radical (unpaired) electrons.